The first-order valence-electron chi connectivity index (χ1n) is 7.57. The van der Waals surface area contributed by atoms with Gasteiger partial charge in [0.2, 0.25) is 0 Å². The lowest BCUT2D eigenvalue weighted by Gasteiger charge is -2.26. The smallest absolute Gasteiger partial charge is 0.0447 e. The Kier molecular flexibility index (Phi) is 6.50. The van der Waals surface area contributed by atoms with Crippen molar-refractivity contribution in [1.29, 1.82) is 0 Å². The second kappa shape index (κ2) is 7.65. The molecule has 1 rings (SSSR count). The molecule has 0 saturated carbocycles. The zero-order valence-corrected chi connectivity index (χ0v) is 13.7. The highest BCUT2D eigenvalue weighted by molar-refractivity contribution is 5.54. The average Bonchev–Trinajstić information content (AvgIpc) is 2.38. The van der Waals surface area contributed by atoms with Crippen LogP contribution in [0.15, 0.2) is 18.2 Å². The SMILES string of the molecule is CCN(CCCO)c1ccc(CNC(C)(C)C)cc1C. The summed E-state index contributed by atoms with van der Waals surface area (Å²) in [6.45, 7) is 13.9. The van der Waals surface area contributed by atoms with Crippen LogP contribution in [0.25, 0.3) is 0 Å². The van der Waals surface area contributed by atoms with Crippen molar-refractivity contribution in [3.8, 4) is 0 Å². The molecule has 0 amide bonds. The molecule has 0 aliphatic rings. The minimum absolute atomic E-state index is 0.142. The summed E-state index contributed by atoms with van der Waals surface area (Å²) in [6.07, 6.45) is 0.820. The van der Waals surface area contributed by atoms with Crippen molar-refractivity contribution in [1.82, 2.24) is 5.32 Å². The van der Waals surface area contributed by atoms with Gasteiger partial charge < -0.3 is 15.3 Å². The maximum Gasteiger partial charge on any atom is 0.0447 e. The summed E-state index contributed by atoms with van der Waals surface area (Å²) in [5.41, 5.74) is 4.04. The molecule has 114 valence electrons. The molecule has 20 heavy (non-hydrogen) atoms. The van der Waals surface area contributed by atoms with Crippen LogP contribution in [0.2, 0.25) is 0 Å². The Hall–Kier alpha value is -1.06. The van der Waals surface area contributed by atoms with Crippen molar-refractivity contribution in [2.45, 2.75) is 53.1 Å². The van der Waals surface area contributed by atoms with E-state index in [1.807, 2.05) is 0 Å². The van der Waals surface area contributed by atoms with Crippen molar-refractivity contribution in [3.05, 3.63) is 29.3 Å². The van der Waals surface area contributed by atoms with Gasteiger partial charge in [-0.1, -0.05) is 12.1 Å². The summed E-state index contributed by atoms with van der Waals surface area (Å²) in [4.78, 5) is 2.33. The van der Waals surface area contributed by atoms with Crippen LogP contribution in [0.5, 0.6) is 0 Å². The van der Waals surface area contributed by atoms with E-state index in [1.54, 1.807) is 0 Å². The number of aryl methyl sites for hydroxylation is 1. The van der Waals surface area contributed by atoms with E-state index in [0.29, 0.717) is 0 Å². The van der Waals surface area contributed by atoms with Gasteiger partial charge in [0.1, 0.15) is 0 Å². The molecule has 3 heteroatoms. The summed E-state index contributed by atoms with van der Waals surface area (Å²) in [6, 6.07) is 6.66. The minimum Gasteiger partial charge on any atom is -0.396 e. The van der Waals surface area contributed by atoms with Gasteiger partial charge in [0.15, 0.2) is 0 Å². The van der Waals surface area contributed by atoms with Gasteiger partial charge in [-0.2, -0.15) is 0 Å². The maximum atomic E-state index is 8.98. The molecule has 0 aliphatic heterocycles. The highest BCUT2D eigenvalue weighted by Gasteiger charge is 2.10. The van der Waals surface area contributed by atoms with Gasteiger partial charge in [-0.05, 0) is 58.2 Å². The molecule has 1 aromatic rings. The van der Waals surface area contributed by atoms with Gasteiger partial charge in [0.25, 0.3) is 0 Å². The van der Waals surface area contributed by atoms with Crippen molar-refractivity contribution < 1.29 is 5.11 Å². The molecule has 0 spiro atoms. The standard InChI is InChI=1S/C17H30N2O/c1-6-19(10-7-11-20)16-9-8-15(12-14(16)2)13-18-17(3,4)5/h8-9,12,18,20H,6-7,10-11,13H2,1-5H3. The molecular weight excluding hydrogens is 248 g/mol. The summed E-state index contributed by atoms with van der Waals surface area (Å²) in [5, 5.41) is 12.5. The number of anilines is 1. The first-order valence-corrected chi connectivity index (χ1v) is 7.57. The Morgan fingerprint density at radius 2 is 1.95 bits per heavy atom. The lowest BCUT2D eigenvalue weighted by atomic mass is 10.1. The fraction of sp³-hybridized carbons (Fsp3) is 0.647. The average molecular weight is 278 g/mol. The van der Waals surface area contributed by atoms with Crippen LogP contribution < -0.4 is 10.2 Å². The van der Waals surface area contributed by atoms with Gasteiger partial charge in [0.05, 0.1) is 0 Å². The number of nitrogens with one attached hydrogen (secondary N) is 1. The number of hydrogen-bond acceptors (Lipinski definition) is 3. The van der Waals surface area contributed by atoms with Crippen molar-refractivity contribution >= 4 is 5.69 Å². The summed E-state index contributed by atoms with van der Waals surface area (Å²) >= 11 is 0. The van der Waals surface area contributed by atoms with Gasteiger partial charge >= 0.3 is 0 Å². The van der Waals surface area contributed by atoms with E-state index in [0.717, 1.165) is 26.1 Å². The fourth-order valence-corrected chi connectivity index (χ4v) is 2.26. The second-order valence-corrected chi connectivity index (χ2v) is 6.38. The van der Waals surface area contributed by atoms with E-state index in [9.17, 15) is 0 Å². The van der Waals surface area contributed by atoms with E-state index in [4.69, 9.17) is 5.11 Å². The predicted octanol–water partition coefficient (Wildman–Crippen LogP) is 3.09. The molecule has 3 nitrogen and oxygen atoms in total. The highest BCUT2D eigenvalue weighted by atomic mass is 16.3. The third kappa shape index (κ3) is 5.51. The molecule has 0 atom stereocenters. The van der Waals surface area contributed by atoms with Crippen LogP contribution in [0.3, 0.4) is 0 Å². The molecule has 0 aliphatic carbocycles. The number of aliphatic hydroxyl groups excluding tert-OH is 1. The Bertz CT molecular complexity index is 410. The van der Waals surface area contributed by atoms with E-state index in [-0.39, 0.29) is 12.1 Å². The largest absolute Gasteiger partial charge is 0.396 e. The zero-order chi connectivity index (χ0) is 15.2. The molecule has 2 N–H and O–H groups in total. The van der Waals surface area contributed by atoms with Gasteiger partial charge in [-0.3, -0.25) is 0 Å². The third-order valence-corrected chi connectivity index (χ3v) is 3.39. The van der Waals surface area contributed by atoms with Crippen molar-refractivity contribution in [2.24, 2.45) is 0 Å². The van der Waals surface area contributed by atoms with Crippen LogP contribution in [0, 0.1) is 6.92 Å². The van der Waals surface area contributed by atoms with E-state index in [2.05, 4.69) is 63.0 Å². The number of nitrogens with zero attached hydrogens (tertiary/aromatic N) is 1. The molecule has 0 aromatic heterocycles. The monoisotopic (exact) mass is 278 g/mol. The Labute approximate surface area is 124 Å². The molecule has 1 aromatic carbocycles. The summed E-state index contributed by atoms with van der Waals surface area (Å²) < 4.78 is 0. The van der Waals surface area contributed by atoms with E-state index >= 15 is 0 Å². The summed E-state index contributed by atoms with van der Waals surface area (Å²) in [7, 11) is 0. The van der Waals surface area contributed by atoms with Gasteiger partial charge in [-0.25, -0.2) is 0 Å². The van der Waals surface area contributed by atoms with Gasteiger partial charge in [0, 0.05) is 37.5 Å². The molecule has 0 heterocycles. The first kappa shape index (κ1) is 17.0. The van der Waals surface area contributed by atoms with E-state index < -0.39 is 0 Å². The van der Waals surface area contributed by atoms with Crippen LogP contribution in [0.4, 0.5) is 5.69 Å². The third-order valence-electron chi connectivity index (χ3n) is 3.39. The van der Waals surface area contributed by atoms with Crippen LogP contribution in [-0.2, 0) is 6.54 Å². The quantitative estimate of drug-likeness (QED) is 0.804. The number of benzene rings is 1. The highest BCUT2D eigenvalue weighted by Crippen LogP contribution is 2.21. The zero-order valence-electron chi connectivity index (χ0n) is 13.7. The second-order valence-electron chi connectivity index (χ2n) is 6.38. The van der Waals surface area contributed by atoms with Crippen molar-refractivity contribution in [2.75, 3.05) is 24.6 Å². The molecule has 0 saturated heterocycles. The Morgan fingerprint density at radius 1 is 1.25 bits per heavy atom. The molecule has 0 unspecified atom stereocenters. The minimum atomic E-state index is 0.142. The van der Waals surface area contributed by atoms with Crippen molar-refractivity contribution in [3.63, 3.8) is 0 Å². The van der Waals surface area contributed by atoms with Gasteiger partial charge in [-0.15, -0.1) is 0 Å². The topological polar surface area (TPSA) is 35.5 Å². The fourth-order valence-electron chi connectivity index (χ4n) is 2.26. The Balaban J connectivity index is 2.76. The number of rotatable bonds is 7. The lowest BCUT2D eigenvalue weighted by Crippen LogP contribution is -2.35. The normalized spacial score (nSPS) is 11.7. The molecule has 0 bridgehead atoms. The molecule has 0 radical (unpaired) electrons. The Morgan fingerprint density at radius 3 is 2.45 bits per heavy atom. The molecule has 0 fully saturated rings. The van der Waals surface area contributed by atoms with Crippen LogP contribution in [0.1, 0.15) is 45.2 Å². The first-order chi connectivity index (χ1) is 9.37. The number of hydrogen-bond donors (Lipinski definition) is 2. The van der Waals surface area contributed by atoms with E-state index in [1.165, 1.54) is 16.8 Å². The summed E-state index contributed by atoms with van der Waals surface area (Å²) in [5.74, 6) is 0. The number of aliphatic hydroxyl groups is 1. The molecular formula is C17H30N2O. The van der Waals surface area contributed by atoms with Crippen LogP contribution in [-0.4, -0.2) is 30.3 Å². The lowest BCUT2D eigenvalue weighted by molar-refractivity contribution is 0.289. The predicted molar refractivity (Wildman–Crippen MR) is 87.4 cm³/mol. The maximum absolute atomic E-state index is 8.98. The van der Waals surface area contributed by atoms with Crippen LogP contribution >= 0.6 is 0 Å².